The fourth-order valence-corrected chi connectivity index (χ4v) is 4.20. The number of halogens is 1. The van der Waals surface area contributed by atoms with E-state index >= 15 is 0 Å². The van der Waals surface area contributed by atoms with Crippen molar-refractivity contribution < 1.29 is 19.0 Å². The van der Waals surface area contributed by atoms with E-state index in [2.05, 4.69) is 4.98 Å². The van der Waals surface area contributed by atoms with Crippen molar-refractivity contribution >= 4 is 28.2 Å². The molecule has 4 aromatic rings. The van der Waals surface area contributed by atoms with Gasteiger partial charge in [0, 0.05) is 11.4 Å². The average molecular weight is 440 g/mol. The number of nitrogens with zero attached hydrogens (tertiary/aromatic N) is 1. The maximum atomic E-state index is 14.6. The summed E-state index contributed by atoms with van der Waals surface area (Å²) in [5.74, 6) is -1.86. The second kappa shape index (κ2) is 8.19. The number of ether oxygens (including phenoxy) is 1. The van der Waals surface area contributed by atoms with Crippen LogP contribution in [0, 0.1) is 5.82 Å². The van der Waals surface area contributed by atoms with Gasteiger partial charge in [-0.05, 0) is 29.7 Å². The lowest BCUT2D eigenvalue weighted by Crippen LogP contribution is -2.34. The van der Waals surface area contributed by atoms with Gasteiger partial charge in [0.2, 0.25) is 0 Å². The molecule has 2 heterocycles. The summed E-state index contributed by atoms with van der Waals surface area (Å²) < 4.78 is 21.0. The molecule has 0 bridgehead atoms. The second-order valence-electron chi connectivity index (χ2n) is 6.75. The Kier molecular flexibility index (Phi) is 5.43. The van der Waals surface area contributed by atoms with Crippen LogP contribution >= 0.6 is 11.3 Å². The monoisotopic (exact) mass is 440 g/mol. The molecule has 0 aliphatic heterocycles. The highest BCUT2D eigenvalue weighted by atomic mass is 32.1. The number of hydrogen-bond acceptors (Lipinski definition) is 5. The molecule has 2 N–H and O–H groups in total. The first kappa shape index (κ1) is 20.5. The molecule has 4 rings (SSSR count). The van der Waals surface area contributed by atoms with E-state index < -0.39 is 23.0 Å². The normalized spacial score (nSPS) is 11.0. The SMILES string of the molecule is CCc1ccccc1COc1ccc(F)c(-n2c(=O)[nH]c3csc(C(=O)O)c3c2=O)c1. The lowest BCUT2D eigenvalue weighted by atomic mass is 10.1. The van der Waals surface area contributed by atoms with Gasteiger partial charge in [0.25, 0.3) is 5.56 Å². The highest BCUT2D eigenvalue weighted by molar-refractivity contribution is 7.13. The number of nitrogens with one attached hydrogen (secondary N) is 1. The van der Waals surface area contributed by atoms with E-state index in [4.69, 9.17) is 4.74 Å². The van der Waals surface area contributed by atoms with E-state index in [1.54, 1.807) is 0 Å². The van der Waals surface area contributed by atoms with Gasteiger partial charge in [-0.1, -0.05) is 31.2 Å². The lowest BCUT2D eigenvalue weighted by Gasteiger charge is -2.12. The van der Waals surface area contributed by atoms with Gasteiger partial charge in [-0.15, -0.1) is 11.3 Å². The predicted octanol–water partition coefficient (Wildman–Crippen LogP) is 3.72. The van der Waals surface area contributed by atoms with Gasteiger partial charge in [-0.3, -0.25) is 4.79 Å². The van der Waals surface area contributed by atoms with E-state index in [0.29, 0.717) is 4.57 Å². The Morgan fingerprint density at radius 2 is 1.94 bits per heavy atom. The van der Waals surface area contributed by atoms with E-state index in [1.165, 1.54) is 17.5 Å². The Hall–Kier alpha value is -3.72. The Bertz CT molecular complexity index is 1420. The third-order valence-corrected chi connectivity index (χ3v) is 5.87. The number of thiophene rings is 1. The third kappa shape index (κ3) is 3.75. The molecule has 0 saturated carbocycles. The van der Waals surface area contributed by atoms with E-state index in [0.717, 1.165) is 35.0 Å². The number of carboxylic acid groups (broad SMARTS) is 1. The standard InChI is InChI=1S/C22H17FN2O5S/c1-2-12-5-3-4-6-13(12)10-30-14-7-8-15(23)17(9-14)25-20(26)18-16(24-22(25)29)11-31-19(18)21(27)28/h3-9,11H,2,10H2,1H3,(H,24,29)(H,27,28). The maximum Gasteiger partial charge on any atom is 0.346 e. The van der Waals surface area contributed by atoms with Crippen molar-refractivity contribution in [1.82, 2.24) is 9.55 Å². The van der Waals surface area contributed by atoms with Crippen molar-refractivity contribution in [2.75, 3.05) is 0 Å². The number of benzene rings is 2. The molecule has 0 spiro atoms. The molecule has 0 aliphatic rings. The molecule has 7 nitrogen and oxygen atoms in total. The molecule has 0 amide bonds. The summed E-state index contributed by atoms with van der Waals surface area (Å²) in [5, 5.41) is 10.5. The molecule has 2 aromatic heterocycles. The molecule has 0 radical (unpaired) electrons. The first-order valence-corrected chi connectivity index (χ1v) is 10.3. The smallest absolute Gasteiger partial charge is 0.346 e. The topological polar surface area (TPSA) is 101 Å². The van der Waals surface area contributed by atoms with Crippen molar-refractivity contribution in [3.05, 3.63) is 90.5 Å². The van der Waals surface area contributed by atoms with Gasteiger partial charge in [-0.2, -0.15) is 0 Å². The number of aromatic carboxylic acids is 1. The summed E-state index contributed by atoms with van der Waals surface area (Å²) in [4.78, 5) is 39.1. The van der Waals surface area contributed by atoms with E-state index in [-0.39, 0.29) is 33.8 Å². The molecule has 158 valence electrons. The van der Waals surface area contributed by atoms with Crippen LogP contribution < -0.4 is 16.0 Å². The highest BCUT2D eigenvalue weighted by Crippen LogP contribution is 2.23. The Balaban J connectivity index is 1.78. The van der Waals surface area contributed by atoms with Crippen LogP contribution in [-0.4, -0.2) is 20.6 Å². The summed E-state index contributed by atoms with van der Waals surface area (Å²) in [6.45, 7) is 2.26. The number of aromatic amines is 1. The zero-order chi connectivity index (χ0) is 22.1. The number of rotatable bonds is 6. The number of carbonyl (C=O) groups is 1. The van der Waals surface area contributed by atoms with Crippen LogP contribution in [0.25, 0.3) is 16.6 Å². The molecule has 0 fully saturated rings. The summed E-state index contributed by atoms with van der Waals surface area (Å²) in [5.41, 5.74) is 0.0669. The first-order chi connectivity index (χ1) is 14.9. The van der Waals surface area contributed by atoms with Crippen molar-refractivity contribution in [2.45, 2.75) is 20.0 Å². The Morgan fingerprint density at radius 3 is 2.65 bits per heavy atom. The highest BCUT2D eigenvalue weighted by Gasteiger charge is 2.20. The van der Waals surface area contributed by atoms with Gasteiger partial charge in [0.05, 0.1) is 16.6 Å². The molecule has 2 aromatic carbocycles. The van der Waals surface area contributed by atoms with Crippen LogP contribution in [0.5, 0.6) is 5.75 Å². The Morgan fingerprint density at radius 1 is 1.19 bits per heavy atom. The van der Waals surface area contributed by atoms with Crippen molar-refractivity contribution in [3.63, 3.8) is 0 Å². The van der Waals surface area contributed by atoms with Crippen LogP contribution in [0.4, 0.5) is 4.39 Å². The zero-order valence-corrected chi connectivity index (χ0v) is 17.2. The fourth-order valence-electron chi connectivity index (χ4n) is 3.37. The lowest BCUT2D eigenvalue weighted by molar-refractivity contribution is 0.0704. The van der Waals surface area contributed by atoms with Crippen molar-refractivity contribution in [2.24, 2.45) is 0 Å². The summed E-state index contributed by atoms with van der Waals surface area (Å²) in [7, 11) is 0. The predicted molar refractivity (Wildman–Crippen MR) is 115 cm³/mol. The number of fused-ring (bicyclic) bond motifs is 1. The maximum absolute atomic E-state index is 14.6. The van der Waals surface area contributed by atoms with E-state index in [1.807, 2.05) is 31.2 Å². The number of aromatic nitrogens is 2. The molecular weight excluding hydrogens is 423 g/mol. The summed E-state index contributed by atoms with van der Waals surface area (Å²) in [6.07, 6.45) is 0.825. The van der Waals surface area contributed by atoms with Gasteiger partial charge in [0.15, 0.2) is 0 Å². The summed E-state index contributed by atoms with van der Waals surface area (Å²) >= 11 is 0.813. The van der Waals surface area contributed by atoms with Gasteiger partial charge in [0.1, 0.15) is 23.1 Å². The van der Waals surface area contributed by atoms with Crippen molar-refractivity contribution in [3.8, 4) is 11.4 Å². The Labute approximate surface area is 179 Å². The van der Waals surface area contributed by atoms with Gasteiger partial charge >= 0.3 is 11.7 Å². The van der Waals surface area contributed by atoms with Crippen LogP contribution in [0.1, 0.15) is 27.7 Å². The number of hydrogen-bond donors (Lipinski definition) is 2. The molecule has 0 atom stereocenters. The zero-order valence-electron chi connectivity index (χ0n) is 16.3. The van der Waals surface area contributed by atoms with E-state index in [9.17, 15) is 23.9 Å². The molecule has 0 aliphatic carbocycles. The average Bonchev–Trinajstić information content (AvgIpc) is 3.18. The van der Waals surface area contributed by atoms with Crippen LogP contribution in [-0.2, 0) is 13.0 Å². The van der Waals surface area contributed by atoms with Crippen molar-refractivity contribution in [1.29, 1.82) is 0 Å². The summed E-state index contributed by atoms with van der Waals surface area (Å²) in [6, 6.07) is 11.5. The number of carboxylic acids is 1. The largest absolute Gasteiger partial charge is 0.489 e. The molecule has 0 saturated heterocycles. The fraction of sp³-hybridized carbons (Fsp3) is 0.136. The molecule has 0 unspecified atom stereocenters. The van der Waals surface area contributed by atoms with Gasteiger partial charge < -0.3 is 14.8 Å². The van der Waals surface area contributed by atoms with Crippen LogP contribution in [0.2, 0.25) is 0 Å². The number of aryl methyl sites for hydroxylation is 1. The third-order valence-electron chi connectivity index (χ3n) is 4.90. The second-order valence-corrected chi connectivity index (χ2v) is 7.63. The van der Waals surface area contributed by atoms with Crippen LogP contribution in [0.3, 0.4) is 0 Å². The molecule has 9 heteroatoms. The minimum atomic E-state index is -1.30. The van der Waals surface area contributed by atoms with Crippen LogP contribution in [0.15, 0.2) is 57.4 Å². The molecular formula is C22H17FN2O5S. The quantitative estimate of drug-likeness (QED) is 0.476. The van der Waals surface area contributed by atoms with Gasteiger partial charge in [-0.25, -0.2) is 18.5 Å². The number of H-pyrrole nitrogens is 1. The first-order valence-electron chi connectivity index (χ1n) is 9.40. The molecule has 31 heavy (non-hydrogen) atoms. The minimum absolute atomic E-state index is 0.0950. The minimum Gasteiger partial charge on any atom is -0.489 e.